The first-order chi connectivity index (χ1) is 8.38. The summed E-state index contributed by atoms with van der Waals surface area (Å²) < 4.78 is 7.48. The van der Waals surface area contributed by atoms with E-state index in [9.17, 15) is 0 Å². The molecule has 2 heterocycles. The Morgan fingerprint density at radius 3 is 3.00 bits per heavy atom. The van der Waals surface area contributed by atoms with Crippen molar-refractivity contribution in [3.8, 4) is 17.0 Å². The average molecular weight is 229 g/mol. The van der Waals surface area contributed by atoms with Gasteiger partial charge in [-0.3, -0.25) is 0 Å². The van der Waals surface area contributed by atoms with Gasteiger partial charge in [0.15, 0.2) is 0 Å². The highest BCUT2D eigenvalue weighted by Crippen LogP contribution is 2.26. The second-order valence-corrected chi connectivity index (χ2v) is 4.23. The molecule has 4 heteroatoms. The van der Waals surface area contributed by atoms with Crippen molar-refractivity contribution in [1.82, 2.24) is 14.9 Å². The fraction of sp³-hybridized carbons (Fsp3) is 0.308. The van der Waals surface area contributed by atoms with Crippen molar-refractivity contribution < 1.29 is 4.74 Å². The number of nitrogens with zero attached hydrogens (tertiary/aromatic N) is 2. The predicted octanol–water partition coefficient (Wildman–Crippen LogP) is 1.70. The summed E-state index contributed by atoms with van der Waals surface area (Å²) in [7, 11) is 1.69. The predicted molar refractivity (Wildman–Crippen MR) is 66.1 cm³/mol. The molecule has 0 unspecified atom stereocenters. The van der Waals surface area contributed by atoms with Crippen LogP contribution in [0.5, 0.6) is 5.75 Å². The number of ether oxygens (including phenoxy) is 1. The minimum Gasteiger partial charge on any atom is -0.497 e. The van der Waals surface area contributed by atoms with Crippen LogP contribution in [0.25, 0.3) is 11.3 Å². The summed E-state index contributed by atoms with van der Waals surface area (Å²) in [5, 5.41) is 3.28. The van der Waals surface area contributed by atoms with Crippen LogP contribution < -0.4 is 10.1 Å². The van der Waals surface area contributed by atoms with Crippen molar-refractivity contribution in [1.29, 1.82) is 0 Å². The Morgan fingerprint density at radius 1 is 1.41 bits per heavy atom. The molecular weight excluding hydrogens is 214 g/mol. The lowest BCUT2D eigenvalue weighted by molar-refractivity contribution is 0.346. The first kappa shape index (κ1) is 10.4. The maximum atomic E-state index is 5.25. The van der Waals surface area contributed by atoms with Gasteiger partial charge in [-0.15, -0.1) is 0 Å². The molecule has 1 aromatic carbocycles. The van der Waals surface area contributed by atoms with Crippen LogP contribution in [0.15, 0.2) is 36.8 Å². The van der Waals surface area contributed by atoms with Gasteiger partial charge in [0, 0.05) is 18.7 Å². The summed E-state index contributed by atoms with van der Waals surface area (Å²) in [6.07, 6.45) is 3.81. The molecule has 0 bridgehead atoms. The number of nitrogens with one attached hydrogen (secondary N) is 1. The van der Waals surface area contributed by atoms with Gasteiger partial charge >= 0.3 is 0 Å². The first-order valence-corrected chi connectivity index (χ1v) is 5.75. The van der Waals surface area contributed by atoms with Crippen molar-refractivity contribution in [3.63, 3.8) is 0 Å². The van der Waals surface area contributed by atoms with Crippen LogP contribution >= 0.6 is 0 Å². The molecule has 0 saturated carbocycles. The fourth-order valence-electron chi connectivity index (χ4n) is 2.07. The van der Waals surface area contributed by atoms with Crippen LogP contribution in [-0.2, 0) is 0 Å². The number of benzene rings is 1. The van der Waals surface area contributed by atoms with Gasteiger partial charge in [0.05, 0.1) is 31.4 Å². The number of methoxy groups -OCH3 is 1. The normalized spacial score (nSPS) is 15.6. The highest BCUT2D eigenvalue weighted by molar-refractivity contribution is 5.61. The lowest BCUT2D eigenvalue weighted by Crippen LogP contribution is -2.43. The third-order valence-corrected chi connectivity index (χ3v) is 3.18. The topological polar surface area (TPSA) is 39.1 Å². The third-order valence-electron chi connectivity index (χ3n) is 3.18. The second kappa shape index (κ2) is 4.22. The summed E-state index contributed by atoms with van der Waals surface area (Å²) in [6.45, 7) is 2.04. The van der Waals surface area contributed by atoms with E-state index in [2.05, 4.69) is 20.9 Å². The molecule has 1 saturated heterocycles. The number of hydrogen-bond donors (Lipinski definition) is 1. The Kier molecular flexibility index (Phi) is 2.57. The van der Waals surface area contributed by atoms with Crippen LogP contribution in [0.2, 0.25) is 0 Å². The maximum absolute atomic E-state index is 5.25. The number of rotatable bonds is 3. The van der Waals surface area contributed by atoms with Crippen molar-refractivity contribution in [2.45, 2.75) is 6.04 Å². The lowest BCUT2D eigenvalue weighted by Gasteiger charge is -2.29. The van der Waals surface area contributed by atoms with E-state index >= 15 is 0 Å². The lowest BCUT2D eigenvalue weighted by atomic mass is 10.1. The molecule has 88 valence electrons. The molecule has 17 heavy (non-hydrogen) atoms. The maximum Gasteiger partial charge on any atom is 0.119 e. The van der Waals surface area contributed by atoms with Crippen molar-refractivity contribution in [3.05, 3.63) is 36.8 Å². The molecule has 1 aliphatic heterocycles. The molecule has 1 fully saturated rings. The van der Waals surface area contributed by atoms with E-state index in [0.717, 1.165) is 30.1 Å². The van der Waals surface area contributed by atoms with E-state index in [1.807, 2.05) is 30.7 Å². The Bertz CT molecular complexity index is 517. The standard InChI is InChI=1S/C13H15N3O/c1-17-12-4-2-3-10(5-12)13-8-15-9-16(13)11-6-14-7-11/h2-5,8-9,11,14H,6-7H2,1H3. The molecule has 0 amide bonds. The summed E-state index contributed by atoms with van der Waals surface area (Å²) in [5.41, 5.74) is 2.30. The highest BCUT2D eigenvalue weighted by atomic mass is 16.5. The SMILES string of the molecule is COc1cccc(-c2cncn2C2CNC2)c1. The molecule has 0 spiro atoms. The van der Waals surface area contributed by atoms with Gasteiger partial charge in [-0.1, -0.05) is 12.1 Å². The minimum atomic E-state index is 0.527. The molecule has 4 nitrogen and oxygen atoms in total. The third kappa shape index (κ3) is 1.80. The number of hydrogen-bond acceptors (Lipinski definition) is 3. The zero-order valence-corrected chi connectivity index (χ0v) is 9.76. The second-order valence-electron chi connectivity index (χ2n) is 4.23. The van der Waals surface area contributed by atoms with Gasteiger partial charge in [-0.2, -0.15) is 0 Å². The Hall–Kier alpha value is -1.81. The summed E-state index contributed by atoms with van der Waals surface area (Å²) in [5.74, 6) is 0.877. The van der Waals surface area contributed by atoms with Gasteiger partial charge in [-0.25, -0.2) is 4.98 Å². The largest absolute Gasteiger partial charge is 0.497 e. The molecule has 1 N–H and O–H groups in total. The smallest absolute Gasteiger partial charge is 0.119 e. The van der Waals surface area contributed by atoms with Crippen molar-refractivity contribution >= 4 is 0 Å². The molecule has 3 rings (SSSR count). The average Bonchev–Trinajstić information content (AvgIpc) is 2.76. The summed E-state index contributed by atoms with van der Waals surface area (Å²) in [4.78, 5) is 4.25. The Labute approximate surface area is 100 Å². The van der Waals surface area contributed by atoms with Crippen LogP contribution in [0.4, 0.5) is 0 Å². The number of imidazole rings is 1. The van der Waals surface area contributed by atoms with Crippen LogP contribution in [0.1, 0.15) is 6.04 Å². The Morgan fingerprint density at radius 2 is 2.29 bits per heavy atom. The van der Waals surface area contributed by atoms with E-state index in [0.29, 0.717) is 6.04 Å². The van der Waals surface area contributed by atoms with Gasteiger partial charge in [-0.05, 0) is 12.1 Å². The highest BCUT2D eigenvalue weighted by Gasteiger charge is 2.21. The number of aromatic nitrogens is 2. The summed E-state index contributed by atoms with van der Waals surface area (Å²) >= 11 is 0. The summed E-state index contributed by atoms with van der Waals surface area (Å²) in [6, 6.07) is 8.61. The van der Waals surface area contributed by atoms with Crippen LogP contribution in [-0.4, -0.2) is 29.8 Å². The van der Waals surface area contributed by atoms with Crippen LogP contribution in [0.3, 0.4) is 0 Å². The molecule has 0 atom stereocenters. The van der Waals surface area contributed by atoms with Crippen molar-refractivity contribution in [2.24, 2.45) is 0 Å². The van der Waals surface area contributed by atoms with E-state index < -0.39 is 0 Å². The quantitative estimate of drug-likeness (QED) is 0.870. The molecule has 0 radical (unpaired) electrons. The first-order valence-electron chi connectivity index (χ1n) is 5.75. The van der Waals surface area contributed by atoms with Crippen LogP contribution in [0, 0.1) is 0 Å². The molecule has 1 aromatic heterocycles. The van der Waals surface area contributed by atoms with Gasteiger partial charge in [0.1, 0.15) is 5.75 Å². The van der Waals surface area contributed by atoms with E-state index in [4.69, 9.17) is 4.74 Å². The van der Waals surface area contributed by atoms with E-state index in [-0.39, 0.29) is 0 Å². The van der Waals surface area contributed by atoms with Gasteiger partial charge < -0.3 is 14.6 Å². The van der Waals surface area contributed by atoms with Gasteiger partial charge in [0.25, 0.3) is 0 Å². The Balaban J connectivity index is 1.99. The monoisotopic (exact) mass is 229 g/mol. The molecule has 2 aromatic rings. The molecule has 1 aliphatic rings. The van der Waals surface area contributed by atoms with E-state index in [1.165, 1.54) is 0 Å². The zero-order valence-electron chi connectivity index (χ0n) is 9.76. The minimum absolute atomic E-state index is 0.527. The van der Waals surface area contributed by atoms with Gasteiger partial charge in [0.2, 0.25) is 0 Å². The van der Waals surface area contributed by atoms with E-state index in [1.54, 1.807) is 7.11 Å². The fourth-order valence-corrected chi connectivity index (χ4v) is 2.07. The zero-order chi connectivity index (χ0) is 11.7. The molecular formula is C13H15N3O. The molecule has 0 aliphatic carbocycles. The van der Waals surface area contributed by atoms with Crippen molar-refractivity contribution in [2.75, 3.05) is 20.2 Å².